The second kappa shape index (κ2) is 8.26. The van der Waals surface area contributed by atoms with Crippen molar-refractivity contribution in [3.63, 3.8) is 0 Å². The lowest BCUT2D eigenvalue weighted by molar-refractivity contribution is -0.738. The molecule has 4 nitrogen and oxygen atoms in total. The number of nitrogens with zero attached hydrogens (tertiary/aromatic N) is 2. The Kier molecular flexibility index (Phi) is 7.14. The largest absolute Gasteiger partial charge is 0.554 e. The summed E-state index contributed by atoms with van der Waals surface area (Å²) in [7, 11) is 0. The maximum Gasteiger partial charge on any atom is 0.245 e. The van der Waals surface area contributed by atoms with Gasteiger partial charge in [-0.2, -0.15) is 0 Å². The Hall–Kier alpha value is -1.84. The number of fused-ring (bicyclic) bond motifs is 1. The molecule has 0 bridgehead atoms. The summed E-state index contributed by atoms with van der Waals surface area (Å²) in [6, 6.07) is 8.85. The fourth-order valence-electron chi connectivity index (χ4n) is 4.84. The highest BCUT2D eigenvalue weighted by Gasteiger charge is 2.38. The van der Waals surface area contributed by atoms with Gasteiger partial charge in [-0.15, -0.1) is 0 Å². The monoisotopic (exact) mass is 388 g/mol. The van der Waals surface area contributed by atoms with Crippen LogP contribution in [0.15, 0.2) is 30.6 Å². The molecule has 0 N–H and O–H groups in total. The molecule has 0 radical (unpaired) electrons. The summed E-state index contributed by atoms with van der Waals surface area (Å²) >= 11 is 0. The smallest absolute Gasteiger partial charge is 0.245 e. The van der Waals surface area contributed by atoms with Gasteiger partial charge in [0.05, 0.1) is 0 Å². The summed E-state index contributed by atoms with van der Waals surface area (Å²) in [4.78, 5) is 8.25. The first kappa shape index (κ1) is 24.2. The second-order valence-corrected chi connectivity index (χ2v) is 11.5. The third kappa shape index (κ3) is 6.35. The molecule has 0 unspecified atom stereocenters. The van der Waals surface area contributed by atoms with Crippen LogP contribution in [0.4, 0.5) is 0 Å². The van der Waals surface area contributed by atoms with Gasteiger partial charge in [-0.3, -0.25) is 0 Å². The minimum atomic E-state index is -0.500. The molecule has 0 aliphatic carbocycles. The topological polar surface area (TPSA) is 48.9 Å². The van der Waals surface area contributed by atoms with Crippen LogP contribution in [0.1, 0.15) is 82.1 Å². The van der Waals surface area contributed by atoms with E-state index in [1.165, 1.54) is 11.0 Å². The van der Waals surface area contributed by atoms with Gasteiger partial charge in [0.15, 0.2) is 11.0 Å². The molecule has 0 amide bonds. The van der Waals surface area contributed by atoms with E-state index in [2.05, 4.69) is 109 Å². The van der Waals surface area contributed by atoms with Crippen molar-refractivity contribution in [2.75, 3.05) is 0 Å². The Bertz CT molecular complexity index is 725. The van der Waals surface area contributed by atoms with Crippen molar-refractivity contribution in [1.29, 1.82) is 0 Å². The number of para-hydroxylation sites is 2. The van der Waals surface area contributed by atoms with Gasteiger partial charge in [0, 0.05) is 6.47 Å². The molecule has 0 aliphatic rings. The first-order valence-corrected chi connectivity index (χ1v) is 10.1. The van der Waals surface area contributed by atoms with E-state index < -0.39 is 6.47 Å². The Morgan fingerprint density at radius 3 is 1.82 bits per heavy atom. The average Bonchev–Trinajstić information content (AvgIpc) is 2.84. The predicted molar refractivity (Wildman–Crippen MR) is 115 cm³/mol. The third-order valence-corrected chi connectivity index (χ3v) is 4.86. The maximum atomic E-state index is 8.25. The molecule has 0 atom stereocenters. The van der Waals surface area contributed by atoms with Gasteiger partial charge in [-0.05, 0) is 63.5 Å². The number of carbonyl (C=O) groups excluding carboxylic acids is 1. The SMILES string of the molecule is CC(C)(C)CC(C)(C)n1c[n+](C(C)(C)CC(C)(C)C)c2ccccc21.O=C[O-]. The number of rotatable bonds is 4. The van der Waals surface area contributed by atoms with Crippen LogP contribution in [-0.2, 0) is 15.9 Å². The van der Waals surface area contributed by atoms with Gasteiger partial charge in [0.25, 0.3) is 0 Å². The molecular formula is C24H40N2O2. The average molecular weight is 389 g/mol. The molecule has 0 saturated carbocycles. The molecule has 0 spiro atoms. The lowest BCUT2D eigenvalue weighted by Gasteiger charge is -2.31. The van der Waals surface area contributed by atoms with Crippen LogP contribution in [0.3, 0.4) is 0 Å². The normalized spacial score (nSPS) is 13.2. The van der Waals surface area contributed by atoms with E-state index >= 15 is 0 Å². The van der Waals surface area contributed by atoms with Crippen LogP contribution in [0.5, 0.6) is 0 Å². The quantitative estimate of drug-likeness (QED) is 0.566. The predicted octanol–water partition coefficient (Wildman–Crippen LogP) is 4.64. The highest BCUT2D eigenvalue weighted by atomic mass is 16.3. The second-order valence-electron chi connectivity index (χ2n) is 11.5. The number of imidazole rings is 1. The van der Waals surface area contributed by atoms with Crippen LogP contribution in [0.25, 0.3) is 11.0 Å². The Labute approximate surface area is 171 Å². The van der Waals surface area contributed by atoms with E-state index in [-0.39, 0.29) is 11.1 Å². The number of aromatic nitrogens is 2. The molecule has 2 rings (SSSR count). The van der Waals surface area contributed by atoms with Crippen molar-refractivity contribution < 1.29 is 14.5 Å². The molecule has 4 heteroatoms. The fraction of sp³-hybridized carbons (Fsp3) is 0.667. The summed E-state index contributed by atoms with van der Waals surface area (Å²) < 4.78 is 5.00. The summed E-state index contributed by atoms with van der Waals surface area (Å²) in [6.45, 7) is 23.0. The lowest BCUT2D eigenvalue weighted by Crippen LogP contribution is -2.53. The van der Waals surface area contributed by atoms with E-state index in [1.807, 2.05) is 0 Å². The van der Waals surface area contributed by atoms with Crippen molar-refractivity contribution in [2.24, 2.45) is 10.8 Å². The molecular weight excluding hydrogens is 348 g/mol. The number of carbonyl (C=O) groups is 1. The zero-order valence-electron chi connectivity index (χ0n) is 19.6. The van der Waals surface area contributed by atoms with Crippen LogP contribution in [-0.4, -0.2) is 11.0 Å². The van der Waals surface area contributed by atoms with E-state index in [4.69, 9.17) is 9.90 Å². The molecule has 1 heterocycles. The first-order valence-electron chi connectivity index (χ1n) is 10.1. The van der Waals surface area contributed by atoms with E-state index in [9.17, 15) is 0 Å². The van der Waals surface area contributed by atoms with Crippen molar-refractivity contribution in [2.45, 2.75) is 93.2 Å². The van der Waals surface area contributed by atoms with Crippen LogP contribution in [0, 0.1) is 10.8 Å². The molecule has 0 fully saturated rings. The molecule has 1 aromatic heterocycles. The zero-order valence-corrected chi connectivity index (χ0v) is 19.6. The number of benzene rings is 1. The van der Waals surface area contributed by atoms with E-state index in [1.54, 1.807) is 0 Å². The molecule has 28 heavy (non-hydrogen) atoms. The third-order valence-electron chi connectivity index (χ3n) is 4.86. The number of hydrogen-bond donors (Lipinski definition) is 0. The van der Waals surface area contributed by atoms with Gasteiger partial charge < -0.3 is 9.90 Å². The van der Waals surface area contributed by atoms with Crippen LogP contribution < -0.4 is 9.67 Å². The van der Waals surface area contributed by atoms with Crippen LogP contribution in [0.2, 0.25) is 0 Å². The first-order chi connectivity index (χ1) is 12.5. The summed E-state index contributed by atoms with van der Waals surface area (Å²) in [5, 5.41) is 8.25. The summed E-state index contributed by atoms with van der Waals surface area (Å²) in [5.74, 6) is 0. The standard InChI is InChI=1S/C23H39N2.CH2O2/c1-20(2,3)15-22(7,8)24-17-25(19-14-12-11-13-18(19)24)23(9,10)16-21(4,5)6;2-1-3/h11-14,17H,15-16H2,1-10H3;1H,(H,2,3)/q+1;/p-1. The van der Waals surface area contributed by atoms with Crippen molar-refractivity contribution in [3.05, 3.63) is 30.6 Å². The Morgan fingerprint density at radius 2 is 1.36 bits per heavy atom. The Balaban J connectivity index is 0.00000122. The minimum Gasteiger partial charge on any atom is -0.554 e. The fourth-order valence-corrected chi connectivity index (χ4v) is 4.84. The van der Waals surface area contributed by atoms with Crippen LogP contribution >= 0.6 is 0 Å². The minimum absolute atomic E-state index is 0.0704. The highest BCUT2D eigenvalue weighted by Crippen LogP contribution is 2.35. The number of hydrogen-bond acceptors (Lipinski definition) is 2. The van der Waals surface area contributed by atoms with E-state index in [0.717, 1.165) is 12.8 Å². The lowest BCUT2D eigenvalue weighted by atomic mass is 9.81. The molecule has 1 aromatic carbocycles. The molecule has 0 aliphatic heterocycles. The van der Waals surface area contributed by atoms with Crippen molar-refractivity contribution >= 4 is 17.5 Å². The highest BCUT2D eigenvalue weighted by molar-refractivity contribution is 5.72. The van der Waals surface area contributed by atoms with Gasteiger partial charge >= 0.3 is 0 Å². The molecule has 158 valence electrons. The maximum absolute atomic E-state index is 8.25. The number of carboxylic acid groups (broad SMARTS) is 1. The van der Waals surface area contributed by atoms with E-state index in [0.29, 0.717) is 10.8 Å². The van der Waals surface area contributed by atoms with Gasteiger partial charge in [0.2, 0.25) is 6.33 Å². The van der Waals surface area contributed by atoms with Gasteiger partial charge in [-0.1, -0.05) is 53.7 Å². The summed E-state index contributed by atoms with van der Waals surface area (Å²) in [5.41, 5.74) is 3.39. The van der Waals surface area contributed by atoms with Gasteiger partial charge in [0.1, 0.15) is 11.1 Å². The summed E-state index contributed by atoms with van der Waals surface area (Å²) in [6.07, 6.45) is 4.64. The zero-order chi connectivity index (χ0) is 22.0. The van der Waals surface area contributed by atoms with Gasteiger partial charge in [-0.25, -0.2) is 9.13 Å². The molecule has 2 aromatic rings. The molecule has 0 saturated heterocycles. The van der Waals surface area contributed by atoms with Crippen molar-refractivity contribution in [3.8, 4) is 0 Å². The Morgan fingerprint density at radius 1 is 0.893 bits per heavy atom. The van der Waals surface area contributed by atoms with Crippen molar-refractivity contribution in [1.82, 2.24) is 4.57 Å².